The minimum absolute atomic E-state index is 0.0256. The fraction of sp³-hybridized carbons (Fsp3) is 0.0714. The summed E-state index contributed by atoms with van der Waals surface area (Å²) >= 11 is 8.98. The van der Waals surface area contributed by atoms with Crippen molar-refractivity contribution in [2.24, 2.45) is 0 Å². The lowest BCUT2D eigenvalue weighted by atomic mass is 10.1. The quantitative estimate of drug-likeness (QED) is 0.847. The van der Waals surface area contributed by atoms with Crippen LogP contribution in [0.25, 0.3) is 0 Å². The minimum Gasteiger partial charge on any atom is -0.479 e. The third-order valence-corrected chi connectivity index (χ3v) is 3.62. The van der Waals surface area contributed by atoms with Gasteiger partial charge in [0.2, 0.25) is 0 Å². The molecule has 2 aromatic rings. The molecule has 0 radical (unpaired) electrons. The van der Waals surface area contributed by atoms with Gasteiger partial charge in [-0.1, -0.05) is 29.8 Å². The van der Waals surface area contributed by atoms with Crippen LogP contribution in [-0.2, 0) is 4.79 Å². The number of nitrogens with one attached hydrogen (secondary N) is 1. The average Bonchev–Trinajstić information content (AvgIpc) is 2.38. The highest BCUT2D eigenvalue weighted by Gasteiger charge is 2.23. The van der Waals surface area contributed by atoms with Crippen LogP contribution in [0.5, 0.6) is 0 Å². The summed E-state index contributed by atoms with van der Waals surface area (Å²) < 4.78 is 14.6. The largest absolute Gasteiger partial charge is 0.479 e. The lowest BCUT2D eigenvalue weighted by molar-refractivity contribution is -0.138. The van der Waals surface area contributed by atoms with E-state index in [0.717, 1.165) is 6.07 Å². The first-order valence-corrected chi connectivity index (χ1v) is 6.85. The fourth-order valence-corrected chi connectivity index (χ4v) is 2.30. The van der Waals surface area contributed by atoms with E-state index in [1.54, 1.807) is 24.3 Å². The molecule has 0 heterocycles. The zero-order chi connectivity index (χ0) is 14.7. The maximum Gasteiger partial charge on any atom is 0.330 e. The van der Waals surface area contributed by atoms with E-state index in [0.29, 0.717) is 10.2 Å². The molecule has 0 saturated carbocycles. The molecule has 20 heavy (non-hydrogen) atoms. The highest BCUT2D eigenvalue weighted by Crippen LogP contribution is 2.28. The molecule has 0 saturated heterocycles. The molecule has 104 valence electrons. The molecule has 2 N–H and O–H groups in total. The summed E-state index contributed by atoms with van der Waals surface area (Å²) in [5, 5.41) is 12.3. The topological polar surface area (TPSA) is 49.3 Å². The first-order valence-electron chi connectivity index (χ1n) is 5.68. The number of rotatable bonds is 4. The van der Waals surface area contributed by atoms with Gasteiger partial charge in [0.15, 0.2) is 6.04 Å². The molecule has 1 atom stereocenters. The van der Waals surface area contributed by atoms with Crippen molar-refractivity contribution in [1.82, 2.24) is 0 Å². The number of carboxylic acid groups (broad SMARTS) is 1. The molecule has 2 aromatic carbocycles. The third kappa shape index (κ3) is 3.29. The second-order valence-electron chi connectivity index (χ2n) is 4.06. The fourth-order valence-electron chi connectivity index (χ4n) is 1.74. The highest BCUT2D eigenvalue weighted by molar-refractivity contribution is 9.10. The Labute approximate surface area is 128 Å². The minimum atomic E-state index is -1.20. The van der Waals surface area contributed by atoms with E-state index in [1.807, 2.05) is 0 Å². The van der Waals surface area contributed by atoms with Gasteiger partial charge >= 0.3 is 5.97 Å². The van der Waals surface area contributed by atoms with Gasteiger partial charge in [0.1, 0.15) is 5.82 Å². The van der Waals surface area contributed by atoms with Gasteiger partial charge in [-0.25, -0.2) is 9.18 Å². The van der Waals surface area contributed by atoms with Gasteiger partial charge in [-0.15, -0.1) is 0 Å². The van der Waals surface area contributed by atoms with Crippen molar-refractivity contribution in [3.63, 3.8) is 0 Å². The normalized spacial score (nSPS) is 11.9. The number of para-hydroxylation sites is 1. The van der Waals surface area contributed by atoms with E-state index in [4.69, 9.17) is 11.6 Å². The Morgan fingerprint density at radius 2 is 2.00 bits per heavy atom. The summed E-state index contributed by atoms with van der Waals surface area (Å²) in [7, 11) is 0. The van der Waals surface area contributed by atoms with Crippen LogP contribution >= 0.6 is 27.5 Å². The molecule has 0 aliphatic heterocycles. The standard InChI is InChI=1S/C14H10BrClFNO2/c15-10-3-1-2-4-12(10)18-13(14(19)20)9-6-5-8(16)7-11(9)17/h1-7,13,18H,(H,19,20). The Morgan fingerprint density at radius 3 is 2.60 bits per heavy atom. The third-order valence-electron chi connectivity index (χ3n) is 2.69. The molecule has 0 amide bonds. The summed E-state index contributed by atoms with van der Waals surface area (Å²) in [5.74, 6) is -1.84. The molecule has 0 spiro atoms. The predicted octanol–water partition coefficient (Wildman–Crippen LogP) is 4.48. The Hall–Kier alpha value is -1.59. The Morgan fingerprint density at radius 1 is 1.30 bits per heavy atom. The number of hydrogen-bond acceptors (Lipinski definition) is 2. The van der Waals surface area contributed by atoms with E-state index in [1.165, 1.54) is 12.1 Å². The Kier molecular flexibility index (Phi) is 4.62. The van der Waals surface area contributed by atoms with Gasteiger partial charge in [0.25, 0.3) is 0 Å². The van der Waals surface area contributed by atoms with Crippen LogP contribution in [0.3, 0.4) is 0 Å². The second kappa shape index (κ2) is 6.24. The molecule has 6 heteroatoms. The van der Waals surface area contributed by atoms with Crippen LogP contribution in [0.4, 0.5) is 10.1 Å². The highest BCUT2D eigenvalue weighted by atomic mass is 79.9. The first kappa shape index (κ1) is 14.8. The van der Waals surface area contributed by atoms with E-state index < -0.39 is 17.8 Å². The van der Waals surface area contributed by atoms with E-state index in [9.17, 15) is 14.3 Å². The summed E-state index contributed by atoms with van der Waals surface area (Å²) in [5.41, 5.74) is 0.590. The lowest BCUT2D eigenvalue weighted by Crippen LogP contribution is -2.21. The van der Waals surface area contributed by atoms with Gasteiger partial charge in [-0.2, -0.15) is 0 Å². The molecule has 0 bridgehead atoms. The molecule has 2 rings (SSSR count). The molecule has 0 aliphatic rings. The van der Waals surface area contributed by atoms with E-state index in [2.05, 4.69) is 21.2 Å². The number of benzene rings is 2. The van der Waals surface area contributed by atoms with Crippen molar-refractivity contribution < 1.29 is 14.3 Å². The first-order chi connectivity index (χ1) is 9.49. The molecular weight excluding hydrogens is 349 g/mol. The Bertz CT molecular complexity index is 651. The van der Waals surface area contributed by atoms with Crippen molar-refractivity contribution in [2.45, 2.75) is 6.04 Å². The van der Waals surface area contributed by atoms with Gasteiger partial charge in [-0.3, -0.25) is 0 Å². The summed E-state index contributed by atoms with van der Waals surface area (Å²) in [6.07, 6.45) is 0. The number of anilines is 1. The molecule has 1 unspecified atom stereocenters. The number of carbonyl (C=O) groups is 1. The van der Waals surface area contributed by atoms with Gasteiger partial charge in [0, 0.05) is 20.7 Å². The second-order valence-corrected chi connectivity index (χ2v) is 5.35. The zero-order valence-corrected chi connectivity index (χ0v) is 12.5. The average molecular weight is 359 g/mol. The summed E-state index contributed by atoms with van der Waals surface area (Å²) in [4.78, 5) is 11.4. The van der Waals surface area contributed by atoms with E-state index >= 15 is 0 Å². The Balaban J connectivity index is 2.37. The van der Waals surface area contributed by atoms with Crippen molar-refractivity contribution >= 4 is 39.2 Å². The number of halogens is 3. The molecule has 0 fully saturated rings. The SMILES string of the molecule is O=C(O)C(Nc1ccccc1Br)c1ccc(Cl)cc1F. The molecule has 3 nitrogen and oxygen atoms in total. The molecular formula is C14H10BrClFNO2. The van der Waals surface area contributed by atoms with Crippen LogP contribution in [0.15, 0.2) is 46.9 Å². The zero-order valence-electron chi connectivity index (χ0n) is 10.1. The van der Waals surface area contributed by atoms with Crippen LogP contribution in [0.1, 0.15) is 11.6 Å². The number of hydrogen-bond donors (Lipinski definition) is 2. The predicted molar refractivity (Wildman–Crippen MR) is 79.6 cm³/mol. The monoisotopic (exact) mass is 357 g/mol. The van der Waals surface area contributed by atoms with Crippen LogP contribution in [-0.4, -0.2) is 11.1 Å². The molecule has 0 aliphatic carbocycles. The van der Waals surface area contributed by atoms with Crippen molar-refractivity contribution in [1.29, 1.82) is 0 Å². The van der Waals surface area contributed by atoms with Gasteiger partial charge in [-0.05, 0) is 40.2 Å². The summed E-state index contributed by atoms with van der Waals surface area (Å²) in [6, 6.07) is 9.73. The van der Waals surface area contributed by atoms with Crippen LogP contribution in [0.2, 0.25) is 5.02 Å². The van der Waals surface area contributed by atoms with Crippen LogP contribution < -0.4 is 5.32 Å². The van der Waals surface area contributed by atoms with Crippen LogP contribution in [0, 0.1) is 5.82 Å². The molecule has 0 aromatic heterocycles. The van der Waals surface area contributed by atoms with Crippen molar-refractivity contribution in [2.75, 3.05) is 5.32 Å². The van der Waals surface area contributed by atoms with Crippen molar-refractivity contribution in [3.05, 3.63) is 63.3 Å². The van der Waals surface area contributed by atoms with Gasteiger partial charge in [0.05, 0.1) is 0 Å². The van der Waals surface area contributed by atoms with Crippen molar-refractivity contribution in [3.8, 4) is 0 Å². The summed E-state index contributed by atoms with van der Waals surface area (Å²) in [6.45, 7) is 0. The van der Waals surface area contributed by atoms with Gasteiger partial charge < -0.3 is 10.4 Å². The maximum absolute atomic E-state index is 13.9. The lowest BCUT2D eigenvalue weighted by Gasteiger charge is -2.18. The number of aliphatic carboxylic acids is 1. The smallest absolute Gasteiger partial charge is 0.330 e. The maximum atomic E-state index is 13.9. The van der Waals surface area contributed by atoms with E-state index in [-0.39, 0.29) is 10.6 Å². The number of carboxylic acids is 1.